The summed E-state index contributed by atoms with van der Waals surface area (Å²) in [5, 5.41) is 15.1. The maximum Gasteiger partial charge on any atom is 0.255 e. The zero-order valence-electron chi connectivity index (χ0n) is 19.0. The number of hydrogen-bond donors (Lipinski definition) is 3. The Morgan fingerprint density at radius 3 is 2.79 bits per heavy atom. The molecule has 0 saturated heterocycles. The predicted molar refractivity (Wildman–Crippen MR) is 130 cm³/mol. The van der Waals surface area contributed by atoms with Crippen LogP contribution < -0.4 is 10.6 Å². The maximum atomic E-state index is 13.2. The van der Waals surface area contributed by atoms with E-state index < -0.39 is 6.04 Å². The van der Waals surface area contributed by atoms with Crippen molar-refractivity contribution in [3.63, 3.8) is 0 Å². The number of carbonyl (C=O) groups excluding carboxylic acids is 2. The summed E-state index contributed by atoms with van der Waals surface area (Å²) < 4.78 is 0. The van der Waals surface area contributed by atoms with Gasteiger partial charge >= 0.3 is 0 Å². The predicted octanol–water partition coefficient (Wildman–Crippen LogP) is 3.97. The van der Waals surface area contributed by atoms with E-state index in [1.54, 1.807) is 6.20 Å². The third-order valence-electron chi connectivity index (χ3n) is 6.55. The van der Waals surface area contributed by atoms with E-state index in [2.05, 4.69) is 37.9 Å². The van der Waals surface area contributed by atoms with Crippen LogP contribution in [-0.2, 0) is 11.2 Å². The molecule has 2 aromatic heterocycles. The van der Waals surface area contributed by atoms with Crippen molar-refractivity contribution in [3.8, 4) is 0 Å². The van der Waals surface area contributed by atoms with Crippen LogP contribution in [0.15, 0.2) is 67.0 Å². The number of aryl methyl sites for hydroxylation is 2. The number of pyridine rings is 1. The van der Waals surface area contributed by atoms with Crippen molar-refractivity contribution in [3.05, 3.63) is 95.1 Å². The molecule has 0 fully saturated rings. The van der Waals surface area contributed by atoms with Crippen LogP contribution in [0.25, 0.3) is 10.8 Å². The first-order chi connectivity index (χ1) is 16.6. The lowest BCUT2D eigenvalue weighted by Gasteiger charge is -2.25. The average Bonchev–Trinajstić information content (AvgIpc) is 3.31. The molecule has 0 aliphatic heterocycles. The van der Waals surface area contributed by atoms with E-state index in [9.17, 15) is 9.59 Å². The molecule has 2 heterocycles. The van der Waals surface area contributed by atoms with Gasteiger partial charge in [-0.05, 0) is 60.2 Å². The first-order valence-corrected chi connectivity index (χ1v) is 11.6. The minimum atomic E-state index is -0.401. The molecule has 5 rings (SSSR count). The molecule has 172 valence electrons. The average molecular weight is 454 g/mol. The fraction of sp³-hybridized carbons (Fsp3) is 0.259. The normalized spacial score (nSPS) is 16.0. The Balaban J connectivity index is 1.38. The van der Waals surface area contributed by atoms with Crippen LogP contribution in [0.3, 0.4) is 0 Å². The van der Waals surface area contributed by atoms with Crippen molar-refractivity contribution in [2.45, 2.75) is 38.1 Å². The van der Waals surface area contributed by atoms with Gasteiger partial charge in [-0.3, -0.25) is 19.7 Å². The molecule has 2 atom stereocenters. The zero-order chi connectivity index (χ0) is 23.5. The Morgan fingerprint density at radius 2 is 1.97 bits per heavy atom. The molecule has 0 bridgehead atoms. The van der Waals surface area contributed by atoms with Gasteiger partial charge in [-0.1, -0.05) is 42.5 Å². The van der Waals surface area contributed by atoms with E-state index in [1.165, 1.54) is 6.20 Å². The highest BCUT2D eigenvalue weighted by molar-refractivity contribution is 5.95. The lowest BCUT2D eigenvalue weighted by molar-refractivity contribution is -0.123. The third kappa shape index (κ3) is 4.41. The van der Waals surface area contributed by atoms with E-state index in [0.717, 1.165) is 46.9 Å². The number of nitrogens with zero attached hydrogens (tertiary/aromatic N) is 2. The summed E-state index contributed by atoms with van der Waals surface area (Å²) in [6.45, 7) is 2.08. The molecule has 2 amide bonds. The molecule has 3 N–H and O–H groups in total. The van der Waals surface area contributed by atoms with E-state index in [1.807, 2.05) is 49.4 Å². The van der Waals surface area contributed by atoms with Crippen LogP contribution in [0.5, 0.6) is 0 Å². The SMILES string of the molecule is Cc1[nH]ncc1C(=O)NC(CNC(=O)C1CCCc2cccnc21)c1ccc2ccccc2c1. The topological polar surface area (TPSA) is 99.8 Å². The van der Waals surface area contributed by atoms with Crippen molar-refractivity contribution >= 4 is 22.6 Å². The van der Waals surface area contributed by atoms with Crippen LogP contribution in [0, 0.1) is 6.92 Å². The maximum absolute atomic E-state index is 13.2. The monoisotopic (exact) mass is 453 g/mol. The van der Waals surface area contributed by atoms with Crippen molar-refractivity contribution in [1.29, 1.82) is 0 Å². The van der Waals surface area contributed by atoms with E-state index in [-0.39, 0.29) is 24.3 Å². The van der Waals surface area contributed by atoms with Crippen LogP contribution in [0.1, 0.15) is 57.7 Å². The van der Waals surface area contributed by atoms with E-state index in [4.69, 9.17) is 0 Å². The highest BCUT2D eigenvalue weighted by Crippen LogP contribution is 2.30. The van der Waals surface area contributed by atoms with Gasteiger partial charge in [0.15, 0.2) is 0 Å². The molecule has 1 aliphatic rings. The summed E-state index contributed by atoms with van der Waals surface area (Å²) in [4.78, 5) is 30.7. The lowest BCUT2D eigenvalue weighted by atomic mass is 9.86. The zero-order valence-corrected chi connectivity index (χ0v) is 19.0. The number of benzene rings is 2. The van der Waals surface area contributed by atoms with Gasteiger partial charge in [0.05, 0.1) is 29.4 Å². The minimum absolute atomic E-state index is 0.0563. The Morgan fingerprint density at radius 1 is 1.12 bits per heavy atom. The molecule has 7 heteroatoms. The highest BCUT2D eigenvalue weighted by Gasteiger charge is 2.28. The van der Waals surface area contributed by atoms with Gasteiger partial charge in [-0.15, -0.1) is 0 Å². The quantitative estimate of drug-likeness (QED) is 0.411. The molecular weight excluding hydrogens is 426 g/mol. The van der Waals surface area contributed by atoms with Crippen molar-refractivity contribution in [2.24, 2.45) is 0 Å². The molecule has 1 aliphatic carbocycles. The van der Waals surface area contributed by atoms with E-state index >= 15 is 0 Å². The summed E-state index contributed by atoms with van der Waals surface area (Å²) in [5.41, 5.74) is 4.12. The Hall–Kier alpha value is -4.00. The van der Waals surface area contributed by atoms with Gasteiger partial charge in [0.1, 0.15) is 0 Å². The number of amides is 2. The van der Waals surface area contributed by atoms with Crippen LogP contribution in [0.4, 0.5) is 0 Å². The lowest BCUT2D eigenvalue weighted by Crippen LogP contribution is -2.40. The van der Waals surface area contributed by atoms with Crippen molar-refractivity contribution < 1.29 is 9.59 Å². The Kier molecular flexibility index (Phi) is 6.08. The first-order valence-electron chi connectivity index (χ1n) is 11.6. The van der Waals surface area contributed by atoms with Crippen LogP contribution >= 0.6 is 0 Å². The van der Waals surface area contributed by atoms with Gasteiger partial charge in [0.25, 0.3) is 5.91 Å². The van der Waals surface area contributed by atoms with Gasteiger partial charge in [0, 0.05) is 18.4 Å². The number of H-pyrrole nitrogens is 1. The molecule has 0 saturated carbocycles. The summed E-state index contributed by atoms with van der Waals surface area (Å²) in [5.74, 6) is -0.559. The van der Waals surface area contributed by atoms with Gasteiger partial charge in [-0.2, -0.15) is 5.10 Å². The van der Waals surface area contributed by atoms with Crippen molar-refractivity contribution in [2.75, 3.05) is 6.54 Å². The molecule has 0 radical (unpaired) electrons. The first kappa shape index (κ1) is 21.8. The smallest absolute Gasteiger partial charge is 0.255 e. The summed E-state index contributed by atoms with van der Waals surface area (Å²) in [7, 11) is 0. The Bertz CT molecular complexity index is 1350. The summed E-state index contributed by atoms with van der Waals surface area (Å²) >= 11 is 0. The molecule has 7 nitrogen and oxygen atoms in total. The molecule has 4 aromatic rings. The molecular formula is C27H27N5O2. The second kappa shape index (κ2) is 9.47. The number of rotatable bonds is 6. The fourth-order valence-electron chi connectivity index (χ4n) is 4.68. The van der Waals surface area contributed by atoms with Gasteiger partial charge in [0.2, 0.25) is 5.91 Å². The number of aromatic nitrogens is 3. The third-order valence-corrected chi connectivity index (χ3v) is 6.55. The number of nitrogens with one attached hydrogen (secondary N) is 3. The van der Waals surface area contributed by atoms with Crippen molar-refractivity contribution in [1.82, 2.24) is 25.8 Å². The van der Waals surface area contributed by atoms with Crippen LogP contribution in [-0.4, -0.2) is 33.5 Å². The Labute approximate surface area is 198 Å². The standard InChI is InChI=1S/C27H27N5O2/c1-17-23(15-30-32-17)27(34)31-24(21-12-11-18-6-2-3-7-20(18)14-21)16-29-26(33)22-10-4-8-19-9-5-13-28-25(19)22/h2-3,5-7,9,11-15,22,24H,4,8,10,16H2,1H3,(H,29,33)(H,30,32)(H,31,34). The molecule has 0 spiro atoms. The number of aromatic amines is 1. The summed E-state index contributed by atoms with van der Waals surface area (Å²) in [6.07, 6.45) is 5.95. The second-order valence-corrected chi connectivity index (χ2v) is 8.78. The molecule has 2 aromatic carbocycles. The number of hydrogen-bond acceptors (Lipinski definition) is 4. The second-order valence-electron chi connectivity index (χ2n) is 8.78. The molecule has 2 unspecified atom stereocenters. The number of fused-ring (bicyclic) bond motifs is 2. The fourth-order valence-corrected chi connectivity index (χ4v) is 4.68. The van der Waals surface area contributed by atoms with Crippen LogP contribution in [0.2, 0.25) is 0 Å². The largest absolute Gasteiger partial charge is 0.353 e. The summed E-state index contributed by atoms with van der Waals surface area (Å²) in [6, 6.07) is 17.7. The van der Waals surface area contributed by atoms with E-state index in [0.29, 0.717) is 11.3 Å². The minimum Gasteiger partial charge on any atom is -0.353 e. The van der Waals surface area contributed by atoms with Gasteiger partial charge in [-0.25, -0.2) is 0 Å². The van der Waals surface area contributed by atoms with Gasteiger partial charge < -0.3 is 10.6 Å². The molecule has 34 heavy (non-hydrogen) atoms. The highest BCUT2D eigenvalue weighted by atomic mass is 16.2. The number of carbonyl (C=O) groups is 2.